The minimum absolute atomic E-state index is 0.265. The van der Waals surface area contributed by atoms with Gasteiger partial charge in [0, 0.05) is 19.0 Å². The third kappa shape index (κ3) is 5.05. The van der Waals surface area contributed by atoms with Crippen LogP contribution >= 0.6 is 0 Å². The summed E-state index contributed by atoms with van der Waals surface area (Å²) < 4.78 is 4.74. The number of rotatable bonds is 10. The molecule has 1 aromatic carbocycles. The SMILES string of the molecule is CCCCn1c2nc(=O)n(C(C)[N+](C)(C)C)c(=O)c-2nc2cc(C)c(C[N+](CC)(CC)CC)cc21. The number of nitrogens with zero attached hydrogens (tertiary/aromatic N) is 6. The predicted octanol–water partition coefficient (Wildman–Crippen LogP) is 3.77. The summed E-state index contributed by atoms with van der Waals surface area (Å²) in [4.78, 5) is 36.0. The van der Waals surface area contributed by atoms with Crippen LogP contribution in [0, 0.1) is 6.92 Å². The van der Waals surface area contributed by atoms with Gasteiger partial charge in [-0.3, -0.25) is 4.79 Å². The molecule has 0 N–H and O–H groups in total. The number of benzene rings is 1. The average molecular weight is 485 g/mol. The van der Waals surface area contributed by atoms with Crippen molar-refractivity contribution in [3.63, 3.8) is 0 Å². The van der Waals surface area contributed by atoms with Crippen molar-refractivity contribution in [3.05, 3.63) is 44.1 Å². The van der Waals surface area contributed by atoms with Crippen molar-refractivity contribution in [2.75, 3.05) is 40.8 Å². The molecule has 8 nitrogen and oxygen atoms in total. The lowest BCUT2D eigenvalue weighted by atomic mass is 10.0. The van der Waals surface area contributed by atoms with Gasteiger partial charge in [0.2, 0.25) is 0 Å². The Balaban J connectivity index is 2.36. The van der Waals surface area contributed by atoms with Crippen molar-refractivity contribution in [3.8, 4) is 11.5 Å². The molecule has 2 aliphatic heterocycles. The molecule has 0 amide bonds. The first-order valence-electron chi connectivity index (χ1n) is 13.1. The molecule has 0 saturated carbocycles. The Morgan fingerprint density at radius 1 is 0.971 bits per heavy atom. The number of aryl methyl sites for hydroxylation is 2. The molecule has 0 saturated heterocycles. The zero-order valence-electron chi connectivity index (χ0n) is 23.2. The van der Waals surface area contributed by atoms with E-state index in [2.05, 4.69) is 51.7 Å². The van der Waals surface area contributed by atoms with Crippen LogP contribution in [0.5, 0.6) is 0 Å². The van der Waals surface area contributed by atoms with E-state index in [9.17, 15) is 9.59 Å². The smallest absolute Gasteiger partial charge is 0.322 e. The number of unbranched alkanes of at least 4 members (excludes halogenated alkanes) is 1. The summed E-state index contributed by atoms with van der Waals surface area (Å²) in [5.41, 5.74) is 3.56. The number of hydrogen-bond acceptors (Lipinski definition) is 4. The molecule has 3 rings (SSSR count). The third-order valence-electron chi connectivity index (χ3n) is 8.00. The number of hydrogen-bond donors (Lipinski definition) is 0. The molecule has 192 valence electrons. The maximum absolute atomic E-state index is 13.6. The van der Waals surface area contributed by atoms with Crippen LogP contribution in [0.3, 0.4) is 0 Å². The average Bonchev–Trinajstić information content (AvgIpc) is 2.81. The zero-order chi connectivity index (χ0) is 26.1. The van der Waals surface area contributed by atoms with E-state index in [1.54, 1.807) is 0 Å². The van der Waals surface area contributed by atoms with Gasteiger partial charge in [-0.05, 0) is 51.8 Å². The number of aromatic nitrogens is 4. The second-order valence-electron chi connectivity index (χ2n) is 10.8. The van der Waals surface area contributed by atoms with Gasteiger partial charge >= 0.3 is 5.69 Å². The van der Waals surface area contributed by atoms with Crippen molar-refractivity contribution >= 4 is 11.0 Å². The minimum Gasteiger partial charge on any atom is -0.322 e. The molecule has 2 heterocycles. The van der Waals surface area contributed by atoms with Crippen LogP contribution in [-0.4, -0.2) is 68.8 Å². The zero-order valence-corrected chi connectivity index (χ0v) is 23.2. The molecule has 0 aliphatic carbocycles. The lowest BCUT2D eigenvalue weighted by Crippen LogP contribution is -2.50. The maximum atomic E-state index is 13.6. The lowest BCUT2D eigenvalue weighted by molar-refractivity contribution is -0.936. The molecule has 0 spiro atoms. The Hall–Kier alpha value is -2.58. The van der Waals surface area contributed by atoms with Gasteiger partial charge in [0.25, 0.3) is 5.56 Å². The second kappa shape index (κ2) is 10.2. The molecule has 0 aromatic heterocycles. The van der Waals surface area contributed by atoms with Crippen LogP contribution in [0.15, 0.2) is 21.7 Å². The summed E-state index contributed by atoms with van der Waals surface area (Å²) in [6.07, 6.45) is 1.56. The fourth-order valence-corrected chi connectivity index (χ4v) is 4.80. The highest BCUT2D eigenvalue weighted by atomic mass is 16.2. The van der Waals surface area contributed by atoms with Gasteiger partial charge in [-0.1, -0.05) is 13.3 Å². The fraction of sp³-hybridized carbons (Fsp3) is 0.630. The van der Waals surface area contributed by atoms with E-state index in [1.807, 2.05) is 32.6 Å². The van der Waals surface area contributed by atoms with Gasteiger partial charge in [0.05, 0.1) is 51.8 Å². The van der Waals surface area contributed by atoms with Crippen molar-refractivity contribution in [1.29, 1.82) is 0 Å². The molecule has 0 bridgehead atoms. The van der Waals surface area contributed by atoms with E-state index >= 15 is 0 Å². The molecular formula is C27H44N6O2+2. The molecule has 0 fully saturated rings. The second-order valence-corrected chi connectivity index (χ2v) is 10.8. The van der Waals surface area contributed by atoms with Gasteiger partial charge in [0.15, 0.2) is 17.7 Å². The highest BCUT2D eigenvalue weighted by Crippen LogP contribution is 2.27. The van der Waals surface area contributed by atoms with Gasteiger partial charge in [-0.25, -0.2) is 14.3 Å². The quantitative estimate of drug-likeness (QED) is 0.324. The van der Waals surface area contributed by atoms with Crippen LogP contribution in [0.4, 0.5) is 0 Å². The highest BCUT2D eigenvalue weighted by molar-refractivity contribution is 5.81. The standard InChI is InChI=1S/C27H44N6O2/c1-10-14-15-30-23-17-21(18-33(11-2,12-3)13-4)19(5)16-22(23)28-24-25(30)29-27(35)31(26(24)34)20(6)32(7,8)9/h16-17,20H,10-15,18H2,1-9H3/q+2. The van der Waals surface area contributed by atoms with Crippen LogP contribution < -0.4 is 11.2 Å². The Kier molecular flexibility index (Phi) is 7.86. The van der Waals surface area contributed by atoms with Crippen molar-refractivity contribution in [2.45, 2.75) is 73.6 Å². The highest BCUT2D eigenvalue weighted by Gasteiger charge is 2.29. The van der Waals surface area contributed by atoms with Crippen LogP contribution in [-0.2, 0) is 13.1 Å². The van der Waals surface area contributed by atoms with Crippen molar-refractivity contribution < 1.29 is 8.97 Å². The van der Waals surface area contributed by atoms with Gasteiger partial charge in [-0.2, -0.15) is 4.98 Å². The van der Waals surface area contributed by atoms with E-state index in [0.29, 0.717) is 16.9 Å². The summed E-state index contributed by atoms with van der Waals surface area (Å²) in [5.74, 6) is 0.392. The Morgan fingerprint density at radius 3 is 2.14 bits per heavy atom. The molecule has 1 atom stereocenters. The van der Waals surface area contributed by atoms with Crippen molar-refractivity contribution in [2.24, 2.45) is 0 Å². The topological polar surface area (TPSA) is 69.8 Å². The summed E-state index contributed by atoms with van der Waals surface area (Å²) in [7, 11) is 5.88. The van der Waals surface area contributed by atoms with Gasteiger partial charge < -0.3 is 13.5 Å². The first-order chi connectivity index (χ1) is 16.4. The molecule has 0 radical (unpaired) electrons. The normalized spacial score (nSPS) is 13.6. The third-order valence-corrected chi connectivity index (χ3v) is 8.00. The largest absolute Gasteiger partial charge is 0.357 e. The molecule has 2 aliphatic rings. The van der Waals surface area contributed by atoms with Crippen LogP contribution in [0.2, 0.25) is 0 Å². The molecule has 1 aromatic rings. The molecular weight excluding hydrogens is 440 g/mol. The van der Waals surface area contributed by atoms with E-state index in [0.717, 1.165) is 54.5 Å². The van der Waals surface area contributed by atoms with Crippen molar-refractivity contribution in [1.82, 2.24) is 19.1 Å². The maximum Gasteiger partial charge on any atom is 0.357 e. The number of fused-ring (bicyclic) bond motifs is 2. The molecule has 1 unspecified atom stereocenters. The fourth-order valence-electron chi connectivity index (χ4n) is 4.80. The van der Waals surface area contributed by atoms with Crippen LogP contribution in [0.25, 0.3) is 22.6 Å². The van der Waals surface area contributed by atoms with Crippen LogP contribution in [0.1, 0.15) is 64.8 Å². The van der Waals surface area contributed by atoms with E-state index in [1.165, 1.54) is 15.7 Å². The summed E-state index contributed by atoms with van der Waals surface area (Å²) in [5, 5.41) is 0. The summed E-state index contributed by atoms with van der Waals surface area (Å²) in [6.45, 7) is 17.7. The molecule has 8 heteroatoms. The van der Waals surface area contributed by atoms with Gasteiger partial charge in [-0.15, -0.1) is 0 Å². The summed E-state index contributed by atoms with van der Waals surface area (Å²) in [6, 6.07) is 4.31. The predicted molar refractivity (Wildman–Crippen MR) is 143 cm³/mol. The Labute approximate surface area is 209 Å². The van der Waals surface area contributed by atoms with E-state index < -0.39 is 5.69 Å². The lowest BCUT2D eigenvalue weighted by Gasteiger charge is -2.36. The Morgan fingerprint density at radius 2 is 1.60 bits per heavy atom. The van der Waals surface area contributed by atoms with E-state index in [-0.39, 0.29) is 17.4 Å². The Bertz CT molecular complexity index is 1270. The number of quaternary nitrogens is 2. The van der Waals surface area contributed by atoms with Gasteiger partial charge in [0.1, 0.15) is 6.54 Å². The van der Waals surface area contributed by atoms with E-state index in [4.69, 9.17) is 4.98 Å². The minimum atomic E-state index is -0.514. The monoisotopic (exact) mass is 484 g/mol. The summed E-state index contributed by atoms with van der Waals surface area (Å²) >= 11 is 0. The molecule has 35 heavy (non-hydrogen) atoms. The first-order valence-corrected chi connectivity index (χ1v) is 13.1. The first kappa shape index (κ1) is 27.0.